The normalized spacial score (nSPS) is 16.0. The lowest BCUT2D eigenvalue weighted by Gasteiger charge is -2.31. The first kappa shape index (κ1) is 30.1. The van der Waals surface area contributed by atoms with Crippen LogP contribution in [0.5, 0.6) is 0 Å². The molecule has 2 aromatic rings. The predicted molar refractivity (Wildman–Crippen MR) is 152 cm³/mol. The number of aromatic nitrogens is 2. The van der Waals surface area contributed by atoms with Gasteiger partial charge < -0.3 is 15.3 Å². The Morgan fingerprint density at radius 3 is 2.34 bits per heavy atom. The number of sulfonamides is 1. The van der Waals surface area contributed by atoms with Crippen LogP contribution in [0.25, 0.3) is 0 Å². The van der Waals surface area contributed by atoms with E-state index in [0.29, 0.717) is 42.8 Å². The van der Waals surface area contributed by atoms with Crippen LogP contribution in [0.4, 0.5) is 5.82 Å². The van der Waals surface area contributed by atoms with E-state index < -0.39 is 10.0 Å². The number of benzene rings is 1. The summed E-state index contributed by atoms with van der Waals surface area (Å²) in [6, 6.07) is 7.16. The molecule has 4 N–H and O–H groups in total. The minimum atomic E-state index is -3.53. The average Bonchev–Trinajstić information content (AvgIpc) is 2.87. The molecular formula is C28H45N6O3S+. The Balaban J connectivity index is 1.78. The molecule has 10 heteroatoms. The molecule has 1 fully saturated rings. The lowest BCUT2D eigenvalue weighted by molar-refractivity contribution is -0.616. The molecule has 1 aliphatic rings. The van der Waals surface area contributed by atoms with Crippen molar-refractivity contribution in [1.82, 2.24) is 19.2 Å². The van der Waals surface area contributed by atoms with Crippen molar-refractivity contribution in [3.05, 3.63) is 51.6 Å². The van der Waals surface area contributed by atoms with E-state index >= 15 is 0 Å². The summed E-state index contributed by atoms with van der Waals surface area (Å²) in [6.07, 6.45) is 8.27. The molecule has 38 heavy (non-hydrogen) atoms. The number of quaternary nitrogens is 1. The summed E-state index contributed by atoms with van der Waals surface area (Å²) < 4.78 is 27.6. The third kappa shape index (κ3) is 8.05. The van der Waals surface area contributed by atoms with Gasteiger partial charge in [0.1, 0.15) is 11.4 Å². The minimum Gasteiger partial charge on any atom is -0.309 e. The summed E-state index contributed by atoms with van der Waals surface area (Å²) in [6.45, 7) is 8.41. The van der Waals surface area contributed by atoms with Gasteiger partial charge in [0.05, 0.1) is 10.9 Å². The van der Waals surface area contributed by atoms with Gasteiger partial charge in [-0.15, -0.1) is 0 Å². The number of unbranched alkanes of at least 4 members (excludes halogenated alkanes) is 3. The highest BCUT2D eigenvalue weighted by molar-refractivity contribution is 7.89. The number of hydrogen-bond acceptors (Lipinski definition) is 6. The molecule has 2 heterocycles. The first-order valence-electron chi connectivity index (χ1n) is 14.0. The van der Waals surface area contributed by atoms with E-state index in [2.05, 4.69) is 29.0 Å². The van der Waals surface area contributed by atoms with Crippen LogP contribution in [0.15, 0.2) is 34.0 Å². The third-order valence-electron chi connectivity index (χ3n) is 7.25. The summed E-state index contributed by atoms with van der Waals surface area (Å²) in [5.74, 6) is 1.10. The quantitative estimate of drug-likeness (QED) is 0.248. The standard InChI is InChI=1S/C28H44N6O3S/c1-5-7-8-9-11-23(10-6-2)30-27-26(21(3)29)28(35)32-25(31-27)20-22-12-14-24(15-13-22)38(36,37)34-18-16-33(4)17-19-34/h12-15,23,29H,5-11,16-20H2,1-4H3,(H2,30,31,32,35)/p+1. The molecule has 1 aromatic heterocycles. The van der Waals surface area contributed by atoms with Crippen molar-refractivity contribution in [2.45, 2.75) is 83.1 Å². The number of nitrogens with zero attached hydrogens (tertiary/aromatic N) is 3. The third-order valence-corrected chi connectivity index (χ3v) is 9.16. The lowest BCUT2D eigenvalue weighted by atomic mass is 10.0. The first-order valence-corrected chi connectivity index (χ1v) is 15.4. The Hall–Kier alpha value is -2.40. The van der Waals surface area contributed by atoms with Gasteiger partial charge in [0, 0.05) is 38.3 Å². The largest absolute Gasteiger partial charge is 0.309 e. The van der Waals surface area contributed by atoms with E-state index in [1.165, 1.54) is 23.6 Å². The maximum atomic E-state index is 13.0. The van der Waals surface area contributed by atoms with Gasteiger partial charge in [0.25, 0.3) is 5.56 Å². The molecule has 0 saturated carbocycles. The fourth-order valence-electron chi connectivity index (χ4n) is 4.99. The van der Waals surface area contributed by atoms with Crippen molar-refractivity contribution in [3.63, 3.8) is 0 Å². The molecule has 0 aliphatic carbocycles. The number of nitrogens with two attached hydrogens (primary N) is 1. The van der Waals surface area contributed by atoms with E-state index in [0.717, 1.165) is 44.3 Å². The topological polar surface area (TPSA) is 127 Å². The Morgan fingerprint density at radius 2 is 1.74 bits per heavy atom. The van der Waals surface area contributed by atoms with Crippen LogP contribution in [0.3, 0.4) is 0 Å². The molecule has 1 atom stereocenters. The molecule has 1 saturated heterocycles. The van der Waals surface area contributed by atoms with E-state index in [-0.39, 0.29) is 16.2 Å². The number of aromatic amines is 1. The fourth-order valence-corrected chi connectivity index (χ4v) is 6.42. The smallest absolute Gasteiger partial charge is 0.266 e. The van der Waals surface area contributed by atoms with Gasteiger partial charge >= 0.3 is 0 Å². The molecule has 0 amide bonds. The lowest BCUT2D eigenvalue weighted by Crippen LogP contribution is -2.85. The van der Waals surface area contributed by atoms with Crippen molar-refractivity contribution in [3.8, 4) is 0 Å². The molecule has 1 aromatic carbocycles. The maximum Gasteiger partial charge on any atom is 0.266 e. The molecule has 0 bridgehead atoms. The molecule has 1 unspecified atom stereocenters. The number of H-pyrrole nitrogens is 1. The van der Waals surface area contributed by atoms with Gasteiger partial charge in [-0.1, -0.05) is 51.7 Å². The Morgan fingerprint density at radius 1 is 1.05 bits per heavy atom. The van der Waals surface area contributed by atoms with Crippen molar-refractivity contribution < 1.29 is 13.7 Å². The van der Waals surface area contributed by atoms with Crippen LogP contribution in [0.1, 0.15) is 82.7 Å². The van der Waals surface area contributed by atoms with Crippen molar-refractivity contribution in [2.75, 3.05) is 33.2 Å². The number of piperazine rings is 1. The highest BCUT2D eigenvalue weighted by Crippen LogP contribution is 2.19. The number of hydrogen-bond donors (Lipinski definition) is 3. The van der Waals surface area contributed by atoms with Gasteiger partial charge in [0.15, 0.2) is 0 Å². The van der Waals surface area contributed by atoms with Gasteiger partial charge in [-0.3, -0.25) is 10.1 Å². The van der Waals surface area contributed by atoms with Crippen molar-refractivity contribution >= 4 is 21.6 Å². The van der Waals surface area contributed by atoms with Crippen LogP contribution in [-0.2, 0) is 16.4 Å². The van der Waals surface area contributed by atoms with E-state index in [1.54, 1.807) is 31.2 Å². The second-order valence-corrected chi connectivity index (χ2v) is 12.4. The SMILES string of the molecule is CCCCCCC(CCC)[NH2+]c1nc(Cc2ccc(S(=O)(=O)N3CCN(C)CC3)cc2)[nH]c(=O)c1C(C)=N. The van der Waals surface area contributed by atoms with Crippen LogP contribution < -0.4 is 10.9 Å². The van der Waals surface area contributed by atoms with Gasteiger partial charge in [-0.05, 0) is 50.9 Å². The zero-order valence-electron chi connectivity index (χ0n) is 23.4. The van der Waals surface area contributed by atoms with Crippen molar-refractivity contribution in [1.29, 1.82) is 5.41 Å². The summed E-state index contributed by atoms with van der Waals surface area (Å²) in [5.41, 5.74) is 1.10. The summed E-state index contributed by atoms with van der Waals surface area (Å²) >= 11 is 0. The Kier molecular flexibility index (Phi) is 11.2. The molecular weight excluding hydrogens is 500 g/mol. The number of nitrogens with one attached hydrogen (secondary N) is 2. The second-order valence-electron chi connectivity index (χ2n) is 10.5. The molecule has 9 nitrogen and oxygen atoms in total. The zero-order valence-corrected chi connectivity index (χ0v) is 24.2. The predicted octanol–water partition coefficient (Wildman–Crippen LogP) is 3.02. The number of rotatable bonds is 14. The van der Waals surface area contributed by atoms with Gasteiger partial charge in [0.2, 0.25) is 15.8 Å². The van der Waals surface area contributed by atoms with Crippen LogP contribution in [-0.4, -0.2) is 72.6 Å². The Labute approximate surface area is 227 Å². The van der Waals surface area contributed by atoms with E-state index in [9.17, 15) is 13.2 Å². The monoisotopic (exact) mass is 545 g/mol. The van der Waals surface area contributed by atoms with Crippen molar-refractivity contribution in [2.24, 2.45) is 0 Å². The van der Waals surface area contributed by atoms with Gasteiger partial charge in [-0.2, -0.15) is 9.29 Å². The first-order chi connectivity index (χ1) is 18.1. The molecule has 3 rings (SSSR count). The summed E-state index contributed by atoms with van der Waals surface area (Å²) in [7, 11) is -1.54. The number of likely N-dealkylation sites (N-methyl/N-ethyl adjacent to an activating group) is 1. The van der Waals surface area contributed by atoms with Gasteiger partial charge in [-0.25, -0.2) is 8.42 Å². The Bertz CT molecular complexity index is 1220. The average molecular weight is 546 g/mol. The van der Waals surface area contributed by atoms with Crippen LogP contribution in [0, 0.1) is 5.41 Å². The molecule has 210 valence electrons. The van der Waals surface area contributed by atoms with Crippen LogP contribution in [0.2, 0.25) is 0 Å². The fraction of sp³-hybridized carbons (Fsp3) is 0.607. The zero-order chi connectivity index (χ0) is 27.7. The maximum absolute atomic E-state index is 13.0. The highest BCUT2D eigenvalue weighted by Gasteiger charge is 2.27. The van der Waals surface area contributed by atoms with Crippen LogP contribution >= 0.6 is 0 Å². The molecule has 1 aliphatic heterocycles. The minimum absolute atomic E-state index is 0.205. The second kappa shape index (κ2) is 14.1. The highest BCUT2D eigenvalue weighted by atomic mass is 32.2. The van der Waals surface area contributed by atoms with E-state index in [1.807, 2.05) is 7.05 Å². The molecule has 0 spiro atoms. The summed E-state index contributed by atoms with van der Waals surface area (Å²) in [5, 5.41) is 10.3. The molecule has 0 radical (unpaired) electrons. The summed E-state index contributed by atoms with van der Waals surface area (Å²) in [4.78, 5) is 23.0. The van der Waals surface area contributed by atoms with E-state index in [4.69, 9.17) is 10.4 Å².